The van der Waals surface area contributed by atoms with Crippen molar-refractivity contribution < 1.29 is 17.9 Å². The van der Waals surface area contributed by atoms with Crippen LogP contribution in [0.15, 0.2) is 53.4 Å². The van der Waals surface area contributed by atoms with Gasteiger partial charge in [0.05, 0.1) is 17.9 Å². The number of carbonyl (C=O) groups excluding carboxylic acids is 1. The monoisotopic (exact) mass is 402 g/mol. The first-order valence-electron chi connectivity index (χ1n) is 9.31. The van der Waals surface area contributed by atoms with E-state index in [0.29, 0.717) is 19.4 Å². The van der Waals surface area contributed by atoms with Crippen LogP contribution >= 0.6 is 0 Å². The second-order valence-corrected chi connectivity index (χ2v) is 9.05. The van der Waals surface area contributed by atoms with Gasteiger partial charge in [0.1, 0.15) is 5.75 Å². The average molecular weight is 403 g/mol. The summed E-state index contributed by atoms with van der Waals surface area (Å²) in [5.74, 6) is 0.285. The van der Waals surface area contributed by atoms with E-state index in [4.69, 9.17) is 4.74 Å². The van der Waals surface area contributed by atoms with Crippen molar-refractivity contribution in [1.82, 2.24) is 4.31 Å². The van der Waals surface area contributed by atoms with Crippen LogP contribution in [0.4, 0.5) is 5.69 Å². The fourth-order valence-electron chi connectivity index (χ4n) is 3.43. The molecule has 6 nitrogen and oxygen atoms in total. The van der Waals surface area contributed by atoms with Crippen LogP contribution in [0.5, 0.6) is 5.75 Å². The van der Waals surface area contributed by atoms with Gasteiger partial charge in [-0.05, 0) is 56.2 Å². The highest BCUT2D eigenvalue weighted by Crippen LogP contribution is 2.27. The number of carbonyl (C=O) groups is 1. The molecule has 0 radical (unpaired) electrons. The molecular weight excluding hydrogens is 376 g/mol. The largest absolute Gasteiger partial charge is 0.497 e. The van der Waals surface area contributed by atoms with Gasteiger partial charge >= 0.3 is 0 Å². The lowest BCUT2D eigenvalue weighted by Gasteiger charge is -2.33. The Morgan fingerprint density at radius 3 is 2.36 bits per heavy atom. The van der Waals surface area contributed by atoms with Gasteiger partial charge in [0, 0.05) is 25.8 Å². The van der Waals surface area contributed by atoms with Crippen LogP contribution in [-0.2, 0) is 14.8 Å². The van der Waals surface area contributed by atoms with E-state index in [-0.39, 0.29) is 23.3 Å². The third-order valence-electron chi connectivity index (χ3n) is 5.18. The summed E-state index contributed by atoms with van der Waals surface area (Å²) in [7, 11) is -0.286. The van der Waals surface area contributed by atoms with Gasteiger partial charge in [-0.2, -0.15) is 4.31 Å². The summed E-state index contributed by atoms with van der Waals surface area (Å²) in [4.78, 5) is 14.8. The lowest BCUT2D eigenvalue weighted by atomic mass is 9.98. The van der Waals surface area contributed by atoms with E-state index in [9.17, 15) is 13.2 Å². The van der Waals surface area contributed by atoms with Crippen LogP contribution in [0, 0.1) is 12.8 Å². The fraction of sp³-hybridized carbons (Fsp3) is 0.381. The van der Waals surface area contributed by atoms with Gasteiger partial charge in [0.25, 0.3) is 0 Å². The number of aryl methyl sites for hydroxylation is 1. The summed E-state index contributed by atoms with van der Waals surface area (Å²) in [6, 6.07) is 14.1. The van der Waals surface area contributed by atoms with E-state index < -0.39 is 10.0 Å². The Bertz CT molecular complexity index is 924. The standard InChI is InChI=1S/C21H26N2O4S/c1-16-6-12-20(13-7-16)28(25,26)23-14-4-5-17(15-23)21(24)22(2)18-8-10-19(27-3)11-9-18/h6-13,17H,4-5,14-15H2,1-3H3/t17-/m1/s1. The molecule has 1 fully saturated rings. The molecule has 7 heteroatoms. The Kier molecular flexibility index (Phi) is 6.05. The molecule has 0 aromatic heterocycles. The molecule has 0 aliphatic carbocycles. The van der Waals surface area contributed by atoms with Crippen molar-refractivity contribution in [1.29, 1.82) is 0 Å². The predicted octanol–water partition coefficient (Wildman–Crippen LogP) is 3.07. The number of sulfonamides is 1. The molecule has 1 amide bonds. The van der Waals surface area contributed by atoms with E-state index >= 15 is 0 Å². The Morgan fingerprint density at radius 2 is 1.75 bits per heavy atom. The summed E-state index contributed by atoms with van der Waals surface area (Å²) in [6.07, 6.45) is 1.34. The summed E-state index contributed by atoms with van der Waals surface area (Å²) >= 11 is 0. The second kappa shape index (κ2) is 8.32. The van der Waals surface area contributed by atoms with Gasteiger partial charge < -0.3 is 9.64 Å². The predicted molar refractivity (Wildman–Crippen MR) is 109 cm³/mol. The molecule has 0 bridgehead atoms. The Balaban J connectivity index is 1.74. The zero-order valence-electron chi connectivity index (χ0n) is 16.5. The molecule has 1 atom stereocenters. The number of methoxy groups -OCH3 is 1. The summed E-state index contributed by atoms with van der Waals surface area (Å²) in [6.45, 7) is 2.56. The first kappa shape index (κ1) is 20.4. The van der Waals surface area contributed by atoms with E-state index in [1.807, 2.05) is 19.1 Å². The van der Waals surface area contributed by atoms with Gasteiger partial charge in [0.2, 0.25) is 15.9 Å². The SMILES string of the molecule is COc1ccc(N(C)C(=O)[C@@H]2CCCN(S(=O)(=O)c3ccc(C)cc3)C2)cc1. The normalized spacial score (nSPS) is 17.9. The Labute approximate surface area is 166 Å². The quantitative estimate of drug-likeness (QED) is 0.771. The van der Waals surface area contributed by atoms with Crippen LogP contribution in [0.3, 0.4) is 0 Å². The number of anilines is 1. The van der Waals surface area contributed by atoms with Crippen molar-refractivity contribution in [2.75, 3.05) is 32.1 Å². The van der Waals surface area contributed by atoms with E-state index in [0.717, 1.165) is 17.0 Å². The minimum absolute atomic E-state index is 0.0750. The minimum atomic E-state index is -3.60. The Hall–Kier alpha value is -2.38. The van der Waals surface area contributed by atoms with Crippen molar-refractivity contribution in [2.24, 2.45) is 5.92 Å². The highest BCUT2D eigenvalue weighted by atomic mass is 32.2. The van der Waals surface area contributed by atoms with Crippen molar-refractivity contribution >= 4 is 21.6 Å². The van der Waals surface area contributed by atoms with Gasteiger partial charge in [-0.15, -0.1) is 0 Å². The summed E-state index contributed by atoms with van der Waals surface area (Å²) in [5.41, 5.74) is 1.76. The molecule has 1 aliphatic rings. The first-order chi connectivity index (χ1) is 13.3. The third kappa shape index (κ3) is 4.20. The number of piperidine rings is 1. The molecule has 28 heavy (non-hydrogen) atoms. The maximum absolute atomic E-state index is 13.0. The molecule has 2 aromatic carbocycles. The number of nitrogens with zero attached hydrogens (tertiary/aromatic N) is 2. The first-order valence-corrected chi connectivity index (χ1v) is 10.8. The number of rotatable bonds is 5. The zero-order valence-corrected chi connectivity index (χ0v) is 17.3. The van der Waals surface area contributed by atoms with Crippen LogP contribution < -0.4 is 9.64 Å². The highest BCUT2D eigenvalue weighted by molar-refractivity contribution is 7.89. The topological polar surface area (TPSA) is 66.9 Å². The smallest absolute Gasteiger partial charge is 0.243 e. The molecule has 1 aliphatic heterocycles. The van der Waals surface area contributed by atoms with Gasteiger partial charge in [-0.1, -0.05) is 17.7 Å². The maximum atomic E-state index is 13.0. The number of amides is 1. The average Bonchev–Trinajstić information content (AvgIpc) is 2.73. The molecule has 0 N–H and O–H groups in total. The second-order valence-electron chi connectivity index (χ2n) is 7.11. The van der Waals surface area contributed by atoms with Crippen LogP contribution in [0.25, 0.3) is 0 Å². The summed E-state index contributed by atoms with van der Waals surface area (Å²) in [5, 5.41) is 0. The van der Waals surface area contributed by atoms with Gasteiger partial charge in [0.15, 0.2) is 0 Å². The number of benzene rings is 2. The molecule has 0 spiro atoms. The molecule has 3 rings (SSSR count). The molecule has 0 unspecified atom stereocenters. The van der Waals surface area contributed by atoms with E-state index in [1.54, 1.807) is 55.5 Å². The number of hydrogen-bond acceptors (Lipinski definition) is 4. The highest BCUT2D eigenvalue weighted by Gasteiger charge is 2.34. The lowest BCUT2D eigenvalue weighted by molar-refractivity contribution is -0.123. The van der Waals surface area contributed by atoms with Crippen LogP contribution in [0.2, 0.25) is 0 Å². The third-order valence-corrected chi connectivity index (χ3v) is 7.06. The van der Waals surface area contributed by atoms with Gasteiger partial charge in [-0.25, -0.2) is 8.42 Å². The zero-order chi connectivity index (χ0) is 20.3. The van der Waals surface area contributed by atoms with Crippen LogP contribution in [-0.4, -0.2) is 45.9 Å². The number of ether oxygens (including phenoxy) is 1. The Morgan fingerprint density at radius 1 is 1.11 bits per heavy atom. The lowest BCUT2D eigenvalue weighted by Crippen LogP contribution is -2.45. The molecular formula is C21H26N2O4S. The van der Waals surface area contributed by atoms with E-state index in [1.165, 1.54) is 4.31 Å². The van der Waals surface area contributed by atoms with Crippen molar-refractivity contribution in [3.63, 3.8) is 0 Å². The minimum Gasteiger partial charge on any atom is -0.497 e. The van der Waals surface area contributed by atoms with Crippen molar-refractivity contribution in [3.05, 3.63) is 54.1 Å². The maximum Gasteiger partial charge on any atom is 0.243 e. The van der Waals surface area contributed by atoms with Gasteiger partial charge in [-0.3, -0.25) is 4.79 Å². The van der Waals surface area contributed by atoms with E-state index in [2.05, 4.69) is 0 Å². The molecule has 1 saturated heterocycles. The summed E-state index contributed by atoms with van der Waals surface area (Å²) < 4.78 is 32.5. The molecule has 0 saturated carbocycles. The fourth-order valence-corrected chi connectivity index (χ4v) is 4.95. The number of hydrogen-bond donors (Lipinski definition) is 0. The molecule has 1 heterocycles. The van der Waals surface area contributed by atoms with Crippen LogP contribution in [0.1, 0.15) is 18.4 Å². The molecule has 150 valence electrons. The van der Waals surface area contributed by atoms with Crippen molar-refractivity contribution in [2.45, 2.75) is 24.7 Å². The van der Waals surface area contributed by atoms with Crippen molar-refractivity contribution in [3.8, 4) is 5.75 Å². The molecule has 2 aromatic rings.